The molecule has 0 aliphatic heterocycles. The molecular weight excluding hydrogens is 196 g/mol. The Hall–Kier alpha value is -0.450. The molecule has 3 N–H and O–H groups in total. The maximum absolute atomic E-state index is 9.33. The van der Waals surface area contributed by atoms with Gasteiger partial charge in [-0.1, -0.05) is 0 Å². The summed E-state index contributed by atoms with van der Waals surface area (Å²) in [4.78, 5) is 5.64. The number of thiazole rings is 1. The van der Waals surface area contributed by atoms with Crippen LogP contribution in [0.4, 0.5) is 0 Å². The Kier molecular flexibility index (Phi) is 1.75. The third-order valence-corrected chi connectivity index (χ3v) is 4.27. The summed E-state index contributed by atoms with van der Waals surface area (Å²) in [5.74, 6) is 0.661. The first-order valence-corrected chi connectivity index (χ1v) is 5.98. The van der Waals surface area contributed by atoms with Gasteiger partial charge in [-0.05, 0) is 25.7 Å². The lowest BCUT2D eigenvalue weighted by Crippen LogP contribution is -2.51. The summed E-state index contributed by atoms with van der Waals surface area (Å²) >= 11 is 1.66. The van der Waals surface area contributed by atoms with Crippen LogP contribution in [0.2, 0.25) is 0 Å². The van der Waals surface area contributed by atoms with Crippen LogP contribution in [-0.2, 0) is 5.54 Å². The minimum Gasteiger partial charge on any atom is -0.393 e. The second kappa shape index (κ2) is 2.78. The Balaban J connectivity index is 1.91. The van der Waals surface area contributed by atoms with Crippen molar-refractivity contribution < 1.29 is 5.11 Å². The number of rotatable bonds is 2. The van der Waals surface area contributed by atoms with E-state index in [-0.39, 0.29) is 11.6 Å². The number of hydrogen-bond donors (Lipinski definition) is 2. The standard InChI is InChI=1S/C10H14N2OS/c11-10(3-7(13)4-10)9-8(6-1-2-6)12-5-14-9/h5-7,13H,1-4,11H2. The number of aromatic nitrogens is 1. The van der Waals surface area contributed by atoms with Gasteiger partial charge in [0.1, 0.15) is 0 Å². The zero-order valence-corrected chi connectivity index (χ0v) is 8.76. The van der Waals surface area contributed by atoms with Gasteiger partial charge in [0, 0.05) is 10.8 Å². The van der Waals surface area contributed by atoms with E-state index >= 15 is 0 Å². The minimum absolute atomic E-state index is 0.200. The normalized spacial score (nSPS) is 36.9. The molecule has 0 aromatic carbocycles. The fraction of sp³-hybridized carbons (Fsp3) is 0.700. The molecule has 2 aliphatic rings. The summed E-state index contributed by atoms with van der Waals surface area (Å²) in [6.45, 7) is 0. The molecule has 3 rings (SSSR count). The number of aliphatic hydroxyl groups excluding tert-OH is 1. The summed E-state index contributed by atoms with van der Waals surface area (Å²) in [6.07, 6.45) is 3.73. The van der Waals surface area contributed by atoms with E-state index < -0.39 is 0 Å². The van der Waals surface area contributed by atoms with E-state index in [4.69, 9.17) is 5.73 Å². The number of nitrogens with zero attached hydrogens (tertiary/aromatic N) is 1. The van der Waals surface area contributed by atoms with Gasteiger partial charge >= 0.3 is 0 Å². The van der Waals surface area contributed by atoms with Gasteiger partial charge in [0.2, 0.25) is 0 Å². The van der Waals surface area contributed by atoms with E-state index in [0.29, 0.717) is 18.8 Å². The van der Waals surface area contributed by atoms with Crippen molar-refractivity contribution in [2.75, 3.05) is 0 Å². The first kappa shape index (κ1) is 8.83. The molecule has 0 spiro atoms. The number of hydrogen-bond acceptors (Lipinski definition) is 4. The molecule has 1 aromatic rings. The van der Waals surface area contributed by atoms with Crippen molar-refractivity contribution in [3.05, 3.63) is 16.1 Å². The Bertz CT molecular complexity index is 353. The molecule has 4 heteroatoms. The molecule has 3 nitrogen and oxygen atoms in total. The summed E-state index contributed by atoms with van der Waals surface area (Å²) in [6, 6.07) is 0. The van der Waals surface area contributed by atoms with E-state index in [0.717, 1.165) is 0 Å². The van der Waals surface area contributed by atoms with Crippen LogP contribution in [0.25, 0.3) is 0 Å². The van der Waals surface area contributed by atoms with E-state index in [1.807, 2.05) is 5.51 Å². The van der Waals surface area contributed by atoms with Crippen molar-refractivity contribution in [2.24, 2.45) is 5.73 Å². The Morgan fingerprint density at radius 3 is 2.79 bits per heavy atom. The van der Waals surface area contributed by atoms with E-state index in [9.17, 15) is 5.11 Å². The quantitative estimate of drug-likeness (QED) is 0.774. The molecule has 0 unspecified atom stereocenters. The Labute approximate surface area is 87.0 Å². The topological polar surface area (TPSA) is 59.1 Å². The second-order valence-corrected chi connectivity index (χ2v) is 5.41. The van der Waals surface area contributed by atoms with Crippen LogP contribution in [0, 0.1) is 0 Å². The van der Waals surface area contributed by atoms with Crippen LogP contribution >= 0.6 is 11.3 Å². The van der Waals surface area contributed by atoms with Gasteiger partial charge in [-0.15, -0.1) is 11.3 Å². The SMILES string of the molecule is NC1(c2scnc2C2CC2)CC(O)C1. The molecule has 14 heavy (non-hydrogen) atoms. The van der Waals surface area contributed by atoms with Gasteiger partial charge in [-0.25, -0.2) is 4.98 Å². The van der Waals surface area contributed by atoms with Crippen LogP contribution in [0.3, 0.4) is 0 Å². The van der Waals surface area contributed by atoms with Gasteiger partial charge in [-0.3, -0.25) is 0 Å². The number of nitrogens with two attached hydrogens (primary N) is 1. The van der Waals surface area contributed by atoms with Crippen LogP contribution in [0.1, 0.15) is 42.2 Å². The maximum atomic E-state index is 9.33. The maximum Gasteiger partial charge on any atom is 0.0798 e. The fourth-order valence-corrected chi connectivity index (χ4v) is 3.25. The number of aliphatic hydroxyl groups is 1. The molecule has 0 radical (unpaired) electrons. The van der Waals surface area contributed by atoms with Crippen LogP contribution in [0.15, 0.2) is 5.51 Å². The van der Waals surface area contributed by atoms with Gasteiger partial charge < -0.3 is 10.8 Å². The van der Waals surface area contributed by atoms with Crippen LogP contribution in [0.5, 0.6) is 0 Å². The molecule has 0 saturated heterocycles. The highest BCUT2D eigenvalue weighted by Crippen LogP contribution is 2.49. The van der Waals surface area contributed by atoms with E-state index in [1.165, 1.54) is 23.4 Å². The zero-order valence-electron chi connectivity index (χ0n) is 7.94. The largest absolute Gasteiger partial charge is 0.393 e. The lowest BCUT2D eigenvalue weighted by Gasteiger charge is -2.41. The van der Waals surface area contributed by atoms with Crippen molar-refractivity contribution in [1.82, 2.24) is 4.98 Å². The molecule has 2 saturated carbocycles. The predicted octanol–water partition coefficient (Wildman–Crippen LogP) is 1.33. The Morgan fingerprint density at radius 2 is 2.21 bits per heavy atom. The van der Waals surface area contributed by atoms with E-state index in [1.54, 1.807) is 11.3 Å². The highest BCUT2D eigenvalue weighted by Gasteiger charge is 2.45. The van der Waals surface area contributed by atoms with Crippen molar-refractivity contribution in [2.45, 2.75) is 43.2 Å². The smallest absolute Gasteiger partial charge is 0.0798 e. The molecule has 2 aliphatic carbocycles. The average Bonchev–Trinajstić information content (AvgIpc) is 2.81. The lowest BCUT2D eigenvalue weighted by molar-refractivity contribution is 0.0222. The summed E-state index contributed by atoms with van der Waals surface area (Å²) in [5.41, 5.74) is 9.07. The summed E-state index contributed by atoms with van der Waals surface area (Å²) in [7, 11) is 0. The molecule has 2 fully saturated rings. The average molecular weight is 210 g/mol. The molecule has 76 valence electrons. The molecule has 1 heterocycles. The van der Waals surface area contributed by atoms with Gasteiger partial charge in [-0.2, -0.15) is 0 Å². The summed E-state index contributed by atoms with van der Waals surface area (Å²) in [5, 5.41) is 9.33. The van der Waals surface area contributed by atoms with Crippen molar-refractivity contribution in [3.63, 3.8) is 0 Å². The molecule has 0 amide bonds. The van der Waals surface area contributed by atoms with Gasteiger partial charge in [0.25, 0.3) is 0 Å². The minimum atomic E-state index is -0.265. The van der Waals surface area contributed by atoms with Crippen molar-refractivity contribution >= 4 is 11.3 Å². The Morgan fingerprint density at radius 1 is 1.50 bits per heavy atom. The molecular formula is C10H14N2OS. The fourth-order valence-electron chi connectivity index (χ4n) is 2.24. The van der Waals surface area contributed by atoms with Crippen LogP contribution in [-0.4, -0.2) is 16.2 Å². The first-order chi connectivity index (χ1) is 6.69. The highest BCUT2D eigenvalue weighted by molar-refractivity contribution is 7.10. The third kappa shape index (κ3) is 1.21. The van der Waals surface area contributed by atoms with Crippen molar-refractivity contribution in [3.8, 4) is 0 Å². The highest BCUT2D eigenvalue weighted by atomic mass is 32.1. The molecule has 0 atom stereocenters. The predicted molar refractivity (Wildman–Crippen MR) is 55.2 cm³/mol. The first-order valence-electron chi connectivity index (χ1n) is 5.10. The second-order valence-electron chi connectivity index (χ2n) is 4.56. The molecule has 0 bridgehead atoms. The van der Waals surface area contributed by atoms with Gasteiger partial charge in [0.15, 0.2) is 0 Å². The lowest BCUT2D eigenvalue weighted by atomic mass is 9.73. The van der Waals surface area contributed by atoms with Crippen LogP contribution < -0.4 is 5.73 Å². The zero-order chi connectivity index (χ0) is 9.76. The van der Waals surface area contributed by atoms with Crippen molar-refractivity contribution in [1.29, 1.82) is 0 Å². The molecule has 1 aromatic heterocycles. The van der Waals surface area contributed by atoms with Gasteiger partial charge in [0.05, 0.1) is 22.8 Å². The summed E-state index contributed by atoms with van der Waals surface area (Å²) < 4.78 is 0. The third-order valence-electron chi connectivity index (χ3n) is 3.21. The monoisotopic (exact) mass is 210 g/mol. The van der Waals surface area contributed by atoms with E-state index in [2.05, 4.69) is 4.98 Å².